The van der Waals surface area contributed by atoms with Gasteiger partial charge in [0.05, 0.1) is 17.6 Å². The smallest absolute Gasteiger partial charge is 0.314 e. The van der Waals surface area contributed by atoms with E-state index in [1.165, 1.54) is 0 Å². The number of esters is 1. The van der Waals surface area contributed by atoms with E-state index in [4.69, 9.17) is 4.74 Å². The van der Waals surface area contributed by atoms with Crippen LogP contribution in [0.4, 0.5) is 0 Å². The van der Waals surface area contributed by atoms with E-state index < -0.39 is 17.6 Å². The second-order valence-corrected chi connectivity index (χ2v) is 7.43. The Morgan fingerprint density at radius 1 is 1.42 bits per heavy atom. The highest BCUT2D eigenvalue weighted by Gasteiger charge is 2.38. The first-order valence-corrected chi connectivity index (χ1v) is 8.47. The van der Waals surface area contributed by atoms with Gasteiger partial charge in [0.1, 0.15) is 6.61 Å². The predicted octanol–water partition coefficient (Wildman–Crippen LogP) is 3.08. The van der Waals surface area contributed by atoms with Gasteiger partial charge < -0.3 is 14.9 Å². The zero-order chi connectivity index (χ0) is 17.9. The number of carbonyl (C=O) groups is 1. The maximum absolute atomic E-state index is 12.3. The third kappa shape index (κ3) is 4.92. The molecule has 1 fully saturated rings. The lowest BCUT2D eigenvalue weighted by atomic mass is 9.76. The summed E-state index contributed by atoms with van der Waals surface area (Å²) < 4.78 is 5.35. The molecule has 1 aliphatic carbocycles. The topological polar surface area (TPSA) is 66.8 Å². The SMILES string of the molecule is C=C1CC(O)C=C(C)CCC2C(=CC=CC(C)(C)O)COC(=O)C12. The molecule has 132 valence electrons. The minimum absolute atomic E-state index is 0.0267. The number of aliphatic hydroxyl groups is 2. The van der Waals surface area contributed by atoms with Crippen molar-refractivity contribution in [2.75, 3.05) is 6.61 Å². The van der Waals surface area contributed by atoms with E-state index in [1.54, 1.807) is 19.9 Å². The minimum Gasteiger partial charge on any atom is -0.461 e. The zero-order valence-corrected chi connectivity index (χ0v) is 14.8. The summed E-state index contributed by atoms with van der Waals surface area (Å²) in [6.45, 7) is 9.75. The molecule has 0 saturated carbocycles. The predicted molar refractivity (Wildman–Crippen MR) is 94.2 cm³/mol. The zero-order valence-electron chi connectivity index (χ0n) is 14.8. The second-order valence-electron chi connectivity index (χ2n) is 7.43. The quantitative estimate of drug-likeness (QED) is 0.602. The van der Waals surface area contributed by atoms with Crippen LogP contribution in [-0.4, -0.2) is 34.5 Å². The van der Waals surface area contributed by atoms with E-state index in [2.05, 4.69) is 6.58 Å². The molecule has 3 atom stereocenters. The summed E-state index contributed by atoms with van der Waals surface area (Å²) in [5, 5.41) is 19.9. The van der Waals surface area contributed by atoms with Crippen molar-refractivity contribution in [2.24, 2.45) is 11.8 Å². The maximum Gasteiger partial charge on any atom is 0.314 e. The molecular weight excluding hydrogens is 304 g/mol. The van der Waals surface area contributed by atoms with Crippen molar-refractivity contribution in [1.82, 2.24) is 0 Å². The number of carbonyl (C=O) groups excluding carboxylic acids is 1. The normalized spacial score (nSPS) is 31.1. The van der Waals surface area contributed by atoms with E-state index in [9.17, 15) is 15.0 Å². The molecule has 1 saturated heterocycles. The maximum atomic E-state index is 12.3. The molecule has 2 rings (SSSR count). The number of rotatable bonds is 2. The number of fused-ring (bicyclic) bond motifs is 1. The molecule has 1 aliphatic heterocycles. The first kappa shape index (κ1) is 18.7. The van der Waals surface area contributed by atoms with E-state index in [0.29, 0.717) is 6.42 Å². The van der Waals surface area contributed by atoms with Gasteiger partial charge in [-0.2, -0.15) is 0 Å². The highest BCUT2D eigenvalue weighted by molar-refractivity contribution is 5.78. The Morgan fingerprint density at radius 2 is 2.12 bits per heavy atom. The van der Waals surface area contributed by atoms with Crippen LogP contribution in [0.3, 0.4) is 0 Å². The minimum atomic E-state index is -0.882. The third-order valence-corrected chi connectivity index (χ3v) is 4.57. The lowest BCUT2D eigenvalue weighted by Crippen LogP contribution is -2.36. The fourth-order valence-corrected chi connectivity index (χ4v) is 3.36. The summed E-state index contributed by atoms with van der Waals surface area (Å²) in [6.07, 6.45) is 8.73. The van der Waals surface area contributed by atoms with Crippen LogP contribution in [0.1, 0.15) is 40.0 Å². The molecule has 0 bridgehead atoms. The molecule has 0 spiro atoms. The number of hydrogen-bond donors (Lipinski definition) is 2. The summed E-state index contributed by atoms with van der Waals surface area (Å²) in [7, 11) is 0. The monoisotopic (exact) mass is 332 g/mol. The van der Waals surface area contributed by atoms with Gasteiger partial charge in [0.2, 0.25) is 0 Å². The number of hydrogen-bond acceptors (Lipinski definition) is 4. The van der Waals surface area contributed by atoms with Crippen molar-refractivity contribution in [2.45, 2.75) is 51.7 Å². The Balaban J connectivity index is 2.31. The first-order valence-electron chi connectivity index (χ1n) is 8.47. The average molecular weight is 332 g/mol. The van der Waals surface area contributed by atoms with Gasteiger partial charge in [-0.3, -0.25) is 4.79 Å². The first-order chi connectivity index (χ1) is 11.2. The van der Waals surface area contributed by atoms with Gasteiger partial charge in [0.15, 0.2) is 0 Å². The molecule has 2 aliphatic rings. The fraction of sp³-hybridized carbons (Fsp3) is 0.550. The standard InChI is InChI=1S/C20H28O4/c1-13-7-8-17-15(6-5-9-20(3,4)23)12-24-19(22)18(17)14(2)11-16(21)10-13/h5-6,9-10,16-18,21,23H,2,7-8,11-12H2,1,3-4H3. The number of aliphatic hydroxyl groups excluding tert-OH is 1. The third-order valence-electron chi connectivity index (χ3n) is 4.57. The molecule has 0 aromatic heterocycles. The average Bonchev–Trinajstić information content (AvgIpc) is 2.49. The van der Waals surface area contributed by atoms with Gasteiger partial charge in [-0.25, -0.2) is 0 Å². The van der Waals surface area contributed by atoms with Gasteiger partial charge in [0, 0.05) is 5.92 Å². The number of allylic oxidation sites excluding steroid dienone is 3. The van der Waals surface area contributed by atoms with Crippen LogP contribution >= 0.6 is 0 Å². The molecule has 0 aromatic rings. The Labute approximate surface area is 144 Å². The number of cyclic esters (lactones) is 1. The Bertz CT molecular complexity index is 589. The van der Waals surface area contributed by atoms with E-state index in [-0.39, 0.29) is 18.5 Å². The van der Waals surface area contributed by atoms with Crippen molar-refractivity contribution in [3.05, 3.63) is 47.6 Å². The van der Waals surface area contributed by atoms with Crippen LogP contribution in [0.2, 0.25) is 0 Å². The molecular formula is C20H28O4. The van der Waals surface area contributed by atoms with Crippen molar-refractivity contribution in [3.63, 3.8) is 0 Å². The molecule has 24 heavy (non-hydrogen) atoms. The summed E-state index contributed by atoms with van der Waals surface area (Å²) in [5.41, 5.74) is 2.00. The Morgan fingerprint density at radius 3 is 2.79 bits per heavy atom. The van der Waals surface area contributed by atoms with E-state index >= 15 is 0 Å². The van der Waals surface area contributed by atoms with Gasteiger partial charge in [-0.05, 0) is 45.6 Å². The molecule has 3 unspecified atom stereocenters. The summed E-state index contributed by atoms with van der Waals surface area (Å²) >= 11 is 0. The Kier molecular flexibility index (Phi) is 5.83. The van der Waals surface area contributed by atoms with Gasteiger partial charge in [-0.1, -0.05) is 42.0 Å². The Hall–Kier alpha value is -1.65. The largest absolute Gasteiger partial charge is 0.461 e. The van der Waals surface area contributed by atoms with E-state index in [0.717, 1.165) is 29.6 Å². The lowest BCUT2D eigenvalue weighted by Gasteiger charge is -2.33. The number of ether oxygens (including phenoxy) is 1. The van der Waals surface area contributed by atoms with Crippen LogP contribution in [0.5, 0.6) is 0 Å². The molecule has 2 N–H and O–H groups in total. The van der Waals surface area contributed by atoms with Crippen LogP contribution in [0, 0.1) is 11.8 Å². The molecule has 1 heterocycles. The van der Waals surface area contributed by atoms with Gasteiger partial charge >= 0.3 is 5.97 Å². The lowest BCUT2D eigenvalue weighted by molar-refractivity contribution is -0.151. The van der Waals surface area contributed by atoms with Crippen LogP contribution in [-0.2, 0) is 9.53 Å². The molecule has 0 radical (unpaired) electrons. The van der Waals surface area contributed by atoms with Crippen molar-refractivity contribution >= 4 is 5.97 Å². The summed E-state index contributed by atoms with van der Waals surface area (Å²) in [5.74, 6) is -0.631. The second kappa shape index (κ2) is 7.49. The molecule has 0 amide bonds. The van der Waals surface area contributed by atoms with Crippen LogP contribution < -0.4 is 0 Å². The van der Waals surface area contributed by atoms with Crippen molar-refractivity contribution in [1.29, 1.82) is 0 Å². The van der Waals surface area contributed by atoms with Crippen molar-refractivity contribution < 1.29 is 19.7 Å². The van der Waals surface area contributed by atoms with Crippen molar-refractivity contribution in [3.8, 4) is 0 Å². The summed E-state index contributed by atoms with van der Waals surface area (Å²) in [4.78, 5) is 12.3. The van der Waals surface area contributed by atoms with Crippen LogP contribution in [0.25, 0.3) is 0 Å². The summed E-state index contributed by atoms with van der Waals surface area (Å²) in [6, 6.07) is 0. The molecule has 0 aromatic carbocycles. The van der Waals surface area contributed by atoms with Gasteiger partial charge in [-0.15, -0.1) is 0 Å². The van der Waals surface area contributed by atoms with Crippen LogP contribution in [0.15, 0.2) is 47.6 Å². The molecule has 4 heteroatoms. The highest BCUT2D eigenvalue weighted by Crippen LogP contribution is 2.39. The fourth-order valence-electron chi connectivity index (χ4n) is 3.36. The van der Waals surface area contributed by atoms with E-state index in [1.807, 2.05) is 25.2 Å². The highest BCUT2D eigenvalue weighted by atomic mass is 16.5. The van der Waals surface area contributed by atoms with Gasteiger partial charge in [0.25, 0.3) is 0 Å². The molecule has 4 nitrogen and oxygen atoms in total.